The third-order valence-corrected chi connectivity index (χ3v) is 4.53. The molecule has 2 N–H and O–H groups in total. The van der Waals surface area contributed by atoms with Gasteiger partial charge in [0.2, 0.25) is 0 Å². The quantitative estimate of drug-likeness (QED) is 0.365. The van der Waals surface area contributed by atoms with Gasteiger partial charge in [0, 0.05) is 32.6 Å². The Bertz CT molecular complexity index is 467. The van der Waals surface area contributed by atoms with Crippen LogP contribution in [-0.4, -0.2) is 40.4 Å². The highest BCUT2D eigenvalue weighted by Gasteiger charge is 2.12. The second-order valence-electron chi connectivity index (χ2n) is 6.27. The number of rotatable bonds is 8. The molecule has 1 heterocycles. The topological polar surface area (TPSA) is 67.1 Å². The molecule has 1 saturated carbocycles. The average molecular weight is 448 g/mol. The van der Waals surface area contributed by atoms with Crippen LogP contribution in [0.4, 0.5) is 0 Å². The van der Waals surface area contributed by atoms with Crippen molar-refractivity contribution in [1.29, 1.82) is 0 Å². The van der Waals surface area contributed by atoms with Gasteiger partial charge in [0.15, 0.2) is 5.96 Å². The molecule has 0 spiro atoms. The van der Waals surface area contributed by atoms with E-state index < -0.39 is 0 Å². The molecule has 0 bridgehead atoms. The first-order valence-corrected chi connectivity index (χ1v) is 9.22. The molecule has 0 aliphatic heterocycles. The Labute approximate surface area is 163 Å². The number of halogens is 1. The van der Waals surface area contributed by atoms with Crippen LogP contribution in [0, 0.1) is 5.92 Å². The molecule has 7 heteroatoms. The van der Waals surface area contributed by atoms with Gasteiger partial charge in [-0.05, 0) is 19.3 Å². The van der Waals surface area contributed by atoms with Crippen LogP contribution in [0.15, 0.2) is 11.3 Å². The second-order valence-corrected chi connectivity index (χ2v) is 6.27. The van der Waals surface area contributed by atoms with E-state index in [1.165, 1.54) is 38.5 Å². The van der Waals surface area contributed by atoms with Crippen LogP contribution in [0.25, 0.3) is 0 Å². The molecule has 0 atom stereocenters. The van der Waals surface area contributed by atoms with Crippen molar-refractivity contribution in [2.75, 3.05) is 19.6 Å². The lowest BCUT2D eigenvalue weighted by molar-refractivity contribution is 0.343. The maximum absolute atomic E-state index is 4.72. The van der Waals surface area contributed by atoms with E-state index in [1.54, 1.807) is 6.33 Å². The summed E-state index contributed by atoms with van der Waals surface area (Å²) in [5.74, 6) is 2.85. The van der Waals surface area contributed by atoms with Gasteiger partial charge in [0.1, 0.15) is 12.2 Å². The van der Waals surface area contributed by atoms with Gasteiger partial charge in [0.05, 0.1) is 0 Å². The van der Waals surface area contributed by atoms with Crippen molar-refractivity contribution in [3.8, 4) is 0 Å². The number of aliphatic imine (C=N–C) groups is 1. The van der Waals surface area contributed by atoms with E-state index in [4.69, 9.17) is 4.99 Å². The van der Waals surface area contributed by atoms with E-state index in [-0.39, 0.29) is 24.0 Å². The molecule has 0 aromatic carbocycles. The summed E-state index contributed by atoms with van der Waals surface area (Å²) in [5.41, 5.74) is 0. The molecule has 0 radical (unpaired) electrons. The van der Waals surface area contributed by atoms with Crippen LogP contribution in [0.1, 0.15) is 58.2 Å². The SMILES string of the molecule is CCNC(=NCCC1CCCCC1)NCCn1cnnc1CC.I. The fourth-order valence-corrected chi connectivity index (χ4v) is 3.21. The van der Waals surface area contributed by atoms with Gasteiger partial charge in [-0.15, -0.1) is 34.2 Å². The maximum Gasteiger partial charge on any atom is 0.191 e. The zero-order valence-electron chi connectivity index (χ0n) is 15.1. The molecule has 2 rings (SSSR count). The predicted molar refractivity (Wildman–Crippen MR) is 110 cm³/mol. The zero-order chi connectivity index (χ0) is 16.3. The van der Waals surface area contributed by atoms with Crippen molar-refractivity contribution in [2.24, 2.45) is 10.9 Å². The number of nitrogens with one attached hydrogen (secondary N) is 2. The predicted octanol–water partition coefficient (Wildman–Crippen LogP) is 2.98. The molecule has 1 fully saturated rings. The van der Waals surface area contributed by atoms with Gasteiger partial charge in [-0.3, -0.25) is 4.99 Å². The molecule has 1 aromatic rings. The van der Waals surface area contributed by atoms with Gasteiger partial charge in [0.25, 0.3) is 0 Å². The highest BCUT2D eigenvalue weighted by Crippen LogP contribution is 2.25. The maximum atomic E-state index is 4.72. The Morgan fingerprint density at radius 3 is 2.75 bits per heavy atom. The lowest BCUT2D eigenvalue weighted by Crippen LogP contribution is -2.39. The Hall–Kier alpha value is -0.860. The zero-order valence-corrected chi connectivity index (χ0v) is 17.5. The van der Waals surface area contributed by atoms with E-state index >= 15 is 0 Å². The van der Waals surface area contributed by atoms with Crippen LogP contribution in [0.3, 0.4) is 0 Å². The summed E-state index contributed by atoms with van der Waals surface area (Å²) >= 11 is 0. The Balaban J connectivity index is 0.00000288. The molecule has 1 aliphatic carbocycles. The summed E-state index contributed by atoms with van der Waals surface area (Å²) < 4.78 is 2.10. The lowest BCUT2D eigenvalue weighted by Gasteiger charge is -2.20. The minimum absolute atomic E-state index is 0. The van der Waals surface area contributed by atoms with E-state index in [0.29, 0.717) is 0 Å². The van der Waals surface area contributed by atoms with Crippen molar-refractivity contribution < 1.29 is 0 Å². The molecule has 1 aliphatic rings. The third-order valence-electron chi connectivity index (χ3n) is 4.53. The normalized spacial score (nSPS) is 15.8. The molecular weight excluding hydrogens is 415 g/mol. The smallest absolute Gasteiger partial charge is 0.191 e. The van der Waals surface area contributed by atoms with Crippen LogP contribution in [0.5, 0.6) is 0 Å². The summed E-state index contributed by atoms with van der Waals surface area (Å²) in [6, 6.07) is 0. The van der Waals surface area contributed by atoms with Crippen LogP contribution in [0.2, 0.25) is 0 Å². The first-order chi connectivity index (χ1) is 11.3. The second kappa shape index (κ2) is 12.5. The lowest BCUT2D eigenvalue weighted by atomic mass is 9.87. The van der Waals surface area contributed by atoms with Crippen molar-refractivity contribution in [1.82, 2.24) is 25.4 Å². The number of aromatic nitrogens is 3. The molecule has 0 unspecified atom stereocenters. The van der Waals surface area contributed by atoms with E-state index in [9.17, 15) is 0 Å². The van der Waals surface area contributed by atoms with Gasteiger partial charge in [-0.1, -0.05) is 39.0 Å². The fraction of sp³-hybridized carbons (Fsp3) is 0.824. The number of nitrogens with zero attached hydrogens (tertiary/aromatic N) is 4. The number of hydrogen-bond acceptors (Lipinski definition) is 3. The summed E-state index contributed by atoms with van der Waals surface area (Å²) in [7, 11) is 0. The van der Waals surface area contributed by atoms with Gasteiger partial charge in [-0.2, -0.15) is 0 Å². The highest BCUT2D eigenvalue weighted by molar-refractivity contribution is 14.0. The Morgan fingerprint density at radius 2 is 2.04 bits per heavy atom. The molecule has 0 saturated heterocycles. The van der Waals surface area contributed by atoms with Crippen molar-refractivity contribution >= 4 is 29.9 Å². The minimum atomic E-state index is 0. The van der Waals surface area contributed by atoms with Gasteiger partial charge < -0.3 is 15.2 Å². The Morgan fingerprint density at radius 1 is 1.25 bits per heavy atom. The number of hydrogen-bond donors (Lipinski definition) is 2. The summed E-state index contributed by atoms with van der Waals surface area (Å²) in [6.45, 7) is 7.72. The van der Waals surface area contributed by atoms with E-state index in [0.717, 1.165) is 50.3 Å². The summed E-state index contributed by atoms with van der Waals surface area (Å²) in [5, 5.41) is 14.8. The van der Waals surface area contributed by atoms with E-state index in [2.05, 4.69) is 39.2 Å². The fourth-order valence-electron chi connectivity index (χ4n) is 3.21. The molecule has 1 aromatic heterocycles. The average Bonchev–Trinajstić information content (AvgIpc) is 3.03. The summed E-state index contributed by atoms with van der Waals surface area (Å²) in [6.07, 6.45) is 11.0. The summed E-state index contributed by atoms with van der Waals surface area (Å²) in [4.78, 5) is 4.72. The number of guanidine groups is 1. The monoisotopic (exact) mass is 448 g/mol. The third kappa shape index (κ3) is 7.36. The minimum Gasteiger partial charge on any atom is -0.357 e. The largest absolute Gasteiger partial charge is 0.357 e. The van der Waals surface area contributed by atoms with Crippen molar-refractivity contribution in [3.63, 3.8) is 0 Å². The first-order valence-electron chi connectivity index (χ1n) is 9.22. The van der Waals surface area contributed by atoms with Gasteiger partial charge in [-0.25, -0.2) is 0 Å². The Kier molecular flexibility index (Phi) is 11.0. The molecule has 0 amide bonds. The van der Waals surface area contributed by atoms with Crippen LogP contribution >= 0.6 is 24.0 Å². The molecule has 138 valence electrons. The number of aryl methyl sites for hydroxylation is 1. The van der Waals surface area contributed by atoms with Crippen LogP contribution in [-0.2, 0) is 13.0 Å². The first kappa shape index (κ1) is 21.2. The van der Waals surface area contributed by atoms with Crippen molar-refractivity contribution in [2.45, 2.75) is 65.3 Å². The molecule has 6 nitrogen and oxygen atoms in total. The van der Waals surface area contributed by atoms with Crippen LogP contribution < -0.4 is 10.6 Å². The van der Waals surface area contributed by atoms with Crippen molar-refractivity contribution in [3.05, 3.63) is 12.2 Å². The van der Waals surface area contributed by atoms with Gasteiger partial charge >= 0.3 is 0 Å². The highest BCUT2D eigenvalue weighted by atomic mass is 127. The molecule has 24 heavy (non-hydrogen) atoms. The van der Waals surface area contributed by atoms with E-state index in [1.807, 2.05) is 0 Å². The molecular formula is C17H33IN6. The standard InChI is InChI=1S/C17H32N6.HI/c1-3-16-22-21-14-23(16)13-12-20-17(18-4-2)19-11-10-15-8-6-5-7-9-15;/h14-15H,3-13H2,1-2H3,(H2,18,19,20);1H.